The van der Waals surface area contributed by atoms with E-state index in [4.69, 9.17) is 11.6 Å². The standard InChI is InChI=1S/C31H34ClN3O5/c1-19(28(37)35-14-12-31(40,30(3,4)18-35)24-8-10-25(32)11-9-24)20(2)34-27(36)22-15-21(16-23(17-22)29(38)39)26-7-5-6-13-33-26/h5-11,13,15-17,19-20,40H,12,14,18H2,1-4H3,(H,34,36)(H,38,39)/t19-,20?,31+/m1/s1. The lowest BCUT2D eigenvalue weighted by Crippen LogP contribution is -2.58. The number of aliphatic hydroxyl groups is 1. The maximum absolute atomic E-state index is 13.5. The van der Waals surface area contributed by atoms with Crippen LogP contribution in [0.1, 0.15) is 60.4 Å². The summed E-state index contributed by atoms with van der Waals surface area (Å²) in [6, 6.07) is 16.2. The minimum absolute atomic E-state index is 0.0335. The van der Waals surface area contributed by atoms with Crippen LogP contribution in [0.4, 0.5) is 0 Å². The van der Waals surface area contributed by atoms with Crippen LogP contribution in [0.5, 0.6) is 0 Å². The van der Waals surface area contributed by atoms with Crippen molar-refractivity contribution in [2.24, 2.45) is 11.3 Å². The highest BCUT2D eigenvalue weighted by Gasteiger charge is 2.50. The van der Waals surface area contributed by atoms with Gasteiger partial charge in [0.2, 0.25) is 5.91 Å². The molecular formula is C31H34ClN3O5. The number of pyridine rings is 1. The second-order valence-corrected chi connectivity index (χ2v) is 11.6. The molecule has 3 N–H and O–H groups in total. The van der Waals surface area contributed by atoms with Crippen LogP contribution in [0.25, 0.3) is 11.3 Å². The molecule has 1 aromatic heterocycles. The van der Waals surface area contributed by atoms with Crippen molar-refractivity contribution in [3.63, 3.8) is 0 Å². The lowest BCUT2D eigenvalue weighted by Gasteiger charge is -2.51. The lowest BCUT2D eigenvalue weighted by atomic mass is 9.66. The highest BCUT2D eigenvalue weighted by atomic mass is 35.5. The molecule has 0 aliphatic carbocycles. The number of carboxylic acid groups (broad SMARTS) is 1. The maximum atomic E-state index is 13.5. The number of hydrogen-bond donors (Lipinski definition) is 3. The van der Waals surface area contributed by atoms with Crippen LogP contribution >= 0.6 is 11.6 Å². The Hall–Kier alpha value is -3.75. The molecule has 2 heterocycles. The van der Waals surface area contributed by atoms with Crippen molar-refractivity contribution in [1.29, 1.82) is 0 Å². The Labute approximate surface area is 239 Å². The molecule has 3 aromatic rings. The van der Waals surface area contributed by atoms with Gasteiger partial charge in [0.1, 0.15) is 0 Å². The monoisotopic (exact) mass is 563 g/mol. The summed E-state index contributed by atoms with van der Waals surface area (Å²) in [7, 11) is 0. The summed E-state index contributed by atoms with van der Waals surface area (Å²) < 4.78 is 0. The van der Waals surface area contributed by atoms with E-state index < -0.39 is 34.9 Å². The van der Waals surface area contributed by atoms with E-state index in [9.17, 15) is 24.6 Å². The van der Waals surface area contributed by atoms with Crippen molar-refractivity contribution in [3.05, 3.63) is 88.6 Å². The zero-order chi connectivity index (χ0) is 29.2. The summed E-state index contributed by atoms with van der Waals surface area (Å²) >= 11 is 6.04. The summed E-state index contributed by atoms with van der Waals surface area (Å²) in [5, 5.41) is 24.7. The predicted octanol–water partition coefficient (Wildman–Crippen LogP) is 5.00. The highest BCUT2D eigenvalue weighted by molar-refractivity contribution is 6.30. The summed E-state index contributed by atoms with van der Waals surface area (Å²) in [6.07, 6.45) is 1.95. The smallest absolute Gasteiger partial charge is 0.335 e. The minimum atomic E-state index is -1.16. The molecule has 9 heteroatoms. The normalized spacial score (nSPS) is 19.9. The molecule has 210 valence electrons. The Kier molecular flexibility index (Phi) is 8.33. The molecule has 0 radical (unpaired) electrons. The summed E-state index contributed by atoms with van der Waals surface area (Å²) in [4.78, 5) is 44.4. The molecule has 40 heavy (non-hydrogen) atoms. The Balaban J connectivity index is 1.47. The van der Waals surface area contributed by atoms with Crippen LogP contribution in [0, 0.1) is 11.3 Å². The molecule has 4 rings (SSSR count). The SMILES string of the molecule is CC(NC(=O)c1cc(C(=O)O)cc(-c2ccccn2)c1)[C@@H](C)C(=O)N1CC[C@](O)(c2ccc(Cl)cc2)C(C)(C)C1. The van der Waals surface area contributed by atoms with Gasteiger partial charge in [-0.25, -0.2) is 4.79 Å². The van der Waals surface area contributed by atoms with Gasteiger partial charge in [0.25, 0.3) is 5.91 Å². The molecule has 1 unspecified atom stereocenters. The van der Waals surface area contributed by atoms with Gasteiger partial charge in [-0.2, -0.15) is 0 Å². The van der Waals surface area contributed by atoms with Crippen LogP contribution in [0.3, 0.4) is 0 Å². The van der Waals surface area contributed by atoms with Gasteiger partial charge < -0.3 is 20.4 Å². The first-order chi connectivity index (χ1) is 18.8. The van der Waals surface area contributed by atoms with E-state index in [1.807, 2.05) is 26.0 Å². The van der Waals surface area contributed by atoms with Crippen LogP contribution in [0.2, 0.25) is 5.02 Å². The molecular weight excluding hydrogens is 530 g/mol. The van der Waals surface area contributed by atoms with Crippen molar-refractivity contribution in [2.75, 3.05) is 13.1 Å². The summed E-state index contributed by atoms with van der Waals surface area (Å²) in [6.45, 7) is 8.08. The van der Waals surface area contributed by atoms with Gasteiger partial charge >= 0.3 is 5.97 Å². The quantitative estimate of drug-likeness (QED) is 0.372. The first-order valence-electron chi connectivity index (χ1n) is 13.2. The Bertz CT molecular complexity index is 1410. The number of carbonyl (C=O) groups is 3. The first-order valence-corrected chi connectivity index (χ1v) is 13.6. The fourth-order valence-electron chi connectivity index (χ4n) is 5.25. The zero-order valence-electron chi connectivity index (χ0n) is 23.0. The third kappa shape index (κ3) is 5.88. The Morgan fingerprint density at radius 3 is 2.30 bits per heavy atom. The molecule has 1 fully saturated rings. The van der Waals surface area contributed by atoms with Crippen LogP contribution < -0.4 is 5.32 Å². The van der Waals surface area contributed by atoms with Crippen molar-refractivity contribution in [3.8, 4) is 11.3 Å². The summed E-state index contributed by atoms with van der Waals surface area (Å²) in [5.74, 6) is -2.33. The molecule has 0 spiro atoms. The number of nitrogens with one attached hydrogen (secondary N) is 1. The Morgan fingerprint density at radius 2 is 1.70 bits per heavy atom. The van der Waals surface area contributed by atoms with Gasteiger partial charge in [-0.05, 0) is 61.4 Å². The number of carbonyl (C=O) groups excluding carboxylic acids is 2. The van der Waals surface area contributed by atoms with E-state index in [1.165, 1.54) is 12.1 Å². The lowest BCUT2D eigenvalue weighted by molar-refractivity contribution is -0.156. The minimum Gasteiger partial charge on any atom is -0.478 e. The number of benzene rings is 2. The largest absolute Gasteiger partial charge is 0.478 e. The van der Waals surface area contributed by atoms with Gasteiger partial charge in [-0.1, -0.05) is 50.6 Å². The van der Waals surface area contributed by atoms with Gasteiger partial charge in [0.15, 0.2) is 0 Å². The fraction of sp³-hybridized carbons (Fsp3) is 0.355. The van der Waals surface area contributed by atoms with Crippen LogP contribution in [0.15, 0.2) is 66.9 Å². The van der Waals surface area contributed by atoms with Gasteiger partial charge in [-0.3, -0.25) is 14.6 Å². The van der Waals surface area contributed by atoms with E-state index >= 15 is 0 Å². The number of aromatic nitrogens is 1. The van der Waals surface area contributed by atoms with E-state index in [0.717, 1.165) is 5.56 Å². The zero-order valence-corrected chi connectivity index (χ0v) is 23.8. The molecule has 1 aliphatic heterocycles. The fourth-order valence-corrected chi connectivity index (χ4v) is 5.38. The molecule has 2 aromatic carbocycles. The second-order valence-electron chi connectivity index (χ2n) is 11.1. The highest BCUT2D eigenvalue weighted by Crippen LogP contribution is 2.46. The average Bonchev–Trinajstić information content (AvgIpc) is 2.94. The van der Waals surface area contributed by atoms with Crippen LogP contribution in [-0.2, 0) is 10.4 Å². The van der Waals surface area contributed by atoms with Crippen molar-refractivity contribution < 1.29 is 24.6 Å². The number of carboxylic acids is 1. The van der Waals surface area contributed by atoms with Crippen molar-refractivity contribution in [2.45, 2.75) is 45.8 Å². The number of aromatic carboxylic acids is 1. The van der Waals surface area contributed by atoms with Crippen molar-refractivity contribution >= 4 is 29.4 Å². The molecule has 0 saturated carbocycles. The second kappa shape index (κ2) is 11.4. The molecule has 3 atom stereocenters. The van der Waals surface area contributed by atoms with E-state index in [0.29, 0.717) is 35.8 Å². The molecule has 2 amide bonds. The predicted molar refractivity (Wildman–Crippen MR) is 153 cm³/mol. The number of rotatable bonds is 7. The van der Waals surface area contributed by atoms with Gasteiger partial charge in [0.05, 0.1) is 22.8 Å². The number of hydrogen-bond acceptors (Lipinski definition) is 5. The number of likely N-dealkylation sites (tertiary alicyclic amines) is 1. The third-order valence-electron chi connectivity index (χ3n) is 7.98. The third-order valence-corrected chi connectivity index (χ3v) is 8.24. The molecule has 8 nitrogen and oxygen atoms in total. The molecule has 1 saturated heterocycles. The Morgan fingerprint density at radius 1 is 1.02 bits per heavy atom. The average molecular weight is 564 g/mol. The van der Waals surface area contributed by atoms with Crippen molar-refractivity contribution in [1.82, 2.24) is 15.2 Å². The van der Waals surface area contributed by atoms with Gasteiger partial charge in [0, 0.05) is 46.9 Å². The topological polar surface area (TPSA) is 120 Å². The maximum Gasteiger partial charge on any atom is 0.335 e. The van der Waals surface area contributed by atoms with Crippen LogP contribution in [-0.4, -0.2) is 57.0 Å². The number of piperidine rings is 1. The molecule has 1 aliphatic rings. The molecule has 0 bridgehead atoms. The van der Waals surface area contributed by atoms with Gasteiger partial charge in [-0.15, -0.1) is 0 Å². The van der Waals surface area contributed by atoms with E-state index in [-0.39, 0.29) is 17.0 Å². The number of halogens is 1. The van der Waals surface area contributed by atoms with E-state index in [1.54, 1.807) is 61.3 Å². The van der Waals surface area contributed by atoms with E-state index in [2.05, 4.69) is 10.3 Å². The number of amides is 2. The summed E-state index contributed by atoms with van der Waals surface area (Å²) in [5.41, 5.74) is 0.177. The number of nitrogens with zero attached hydrogens (tertiary/aromatic N) is 2. The first kappa shape index (κ1) is 29.2.